The minimum atomic E-state index is -0.396. The summed E-state index contributed by atoms with van der Waals surface area (Å²) in [5.41, 5.74) is 1.86. The average Bonchev–Trinajstić information content (AvgIpc) is 2.92. The summed E-state index contributed by atoms with van der Waals surface area (Å²) < 4.78 is 18.3. The van der Waals surface area contributed by atoms with Crippen molar-refractivity contribution in [3.05, 3.63) is 51.7 Å². The number of nitrogens with one attached hydrogen (secondary N) is 1. The summed E-state index contributed by atoms with van der Waals surface area (Å²) in [6.07, 6.45) is 6.19. The summed E-state index contributed by atoms with van der Waals surface area (Å²) in [6, 6.07) is 5.35. The highest BCUT2D eigenvalue weighted by molar-refractivity contribution is 7.17. The lowest BCUT2D eigenvalue weighted by atomic mass is 9.96. The lowest BCUT2D eigenvalue weighted by molar-refractivity contribution is 0.0526. The number of rotatable bonds is 4. The minimum absolute atomic E-state index is 0.287. The standard InChI is InChI=1S/C20H22FNO3S/c1-2-25-20(24)17-15-7-5-3-4-6-8-16(15)26-19(17)22-18(23)13-9-11-14(21)12-10-13/h9-12H,2-8H2,1H3,(H,22,23). The topological polar surface area (TPSA) is 55.4 Å². The van der Waals surface area contributed by atoms with Crippen LogP contribution in [0.1, 0.15) is 63.8 Å². The van der Waals surface area contributed by atoms with E-state index in [9.17, 15) is 14.0 Å². The van der Waals surface area contributed by atoms with Crippen molar-refractivity contribution in [1.29, 1.82) is 0 Å². The lowest BCUT2D eigenvalue weighted by Gasteiger charge is -2.11. The third-order valence-corrected chi connectivity index (χ3v) is 5.69. The monoisotopic (exact) mass is 375 g/mol. The summed E-state index contributed by atoms with van der Waals surface area (Å²) in [5, 5.41) is 3.37. The van der Waals surface area contributed by atoms with Gasteiger partial charge in [-0.2, -0.15) is 0 Å². The molecule has 138 valence electrons. The molecule has 1 aromatic heterocycles. The van der Waals surface area contributed by atoms with Crippen molar-refractivity contribution in [3.8, 4) is 0 Å². The molecule has 0 saturated carbocycles. The van der Waals surface area contributed by atoms with Gasteiger partial charge >= 0.3 is 5.97 Å². The Morgan fingerprint density at radius 1 is 1.12 bits per heavy atom. The van der Waals surface area contributed by atoms with E-state index in [4.69, 9.17) is 4.74 Å². The van der Waals surface area contributed by atoms with Crippen LogP contribution in [0.2, 0.25) is 0 Å². The number of amides is 1. The first-order valence-electron chi connectivity index (χ1n) is 8.98. The number of carbonyl (C=O) groups excluding carboxylic acids is 2. The second kappa shape index (κ2) is 8.45. The quantitative estimate of drug-likeness (QED) is 0.767. The van der Waals surface area contributed by atoms with Gasteiger partial charge in [0.25, 0.3) is 5.91 Å². The number of hydrogen-bond acceptors (Lipinski definition) is 4. The van der Waals surface area contributed by atoms with E-state index in [0.717, 1.165) is 42.5 Å². The van der Waals surface area contributed by atoms with Crippen LogP contribution < -0.4 is 5.32 Å². The van der Waals surface area contributed by atoms with Gasteiger partial charge < -0.3 is 10.1 Å². The van der Waals surface area contributed by atoms with Crippen LogP contribution >= 0.6 is 11.3 Å². The fourth-order valence-corrected chi connectivity index (χ4v) is 4.48. The van der Waals surface area contributed by atoms with Gasteiger partial charge in [-0.05, 0) is 62.4 Å². The number of carbonyl (C=O) groups is 2. The van der Waals surface area contributed by atoms with Crippen LogP contribution in [0.15, 0.2) is 24.3 Å². The molecule has 1 aliphatic carbocycles. The molecule has 1 aromatic carbocycles. The number of ether oxygens (including phenoxy) is 1. The predicted octanol–water partition coefficient (Wildman–Crippen LogP) is 4.98. The van der Waals surface area contributed by atoms with Crippen molar-refractivity contribution in [2.75, 3.05) is 11.9 Å². The first-order chi connectivity index (χ1) is 12.6. The highest BCUT2D eigenvalue weighted by Gasteiger charge is 2.26. The number of hydrogen-bond donors (Lipinski definition) is 1. The second-order valence-electron chi connectivity index (χ2n) is 6.30. The Morgan fingerprint density at radius 3 is 2.50 bits per heavy atom. The molecule has 0 radical (unpaired) electrons. The van der Waals surface area contributed by atoms with Crippen molar-refractivity contribution in [2.24, 2.45) is 0 Å². The Hall–Kier alpha value is -2.21. The Morgan fingerprint density at radius 2 is 1.81 bits per heavy atom. The largest absolute Gasteiger partial charge is 0.462 e. The molecule has 1 amide bonds. The molecule has 1 N–H and O–H groups in total. The number of anilines is 1. The van der Waals surface area contributed by atoms with Crippen molar-refractivity contribution in [2.45, 2.75) is 45.4 Å². The van der Waals surface area contributed by atoms with Gasteiger partial charge in [-0.1, -0.05) is 12.8 Å². The number of aryl methyl sites for hydroxylation is 1. The first kappa shape index (κ1) is 18.6. The smallest absolute Gasteiger partial charge is 0.341 e. The van der Waals surface area contributed by atoms with Crippen molar-refractivity contribution >= 4 is 28.2 Å². The molecule has 1 heterocycles. The Labute approximate surface area is 156 Å². The van der Waals surface area contributed by atoms with Gasteiger partial charge in [0, 0.05) is 10.4 Å². The molecule has 2 aromatic rings. The van der Waals surface area contributed by atoms with Crippen LogP contribution in [-0.2, 0) is 17.6 Å². The van der Waals surface area contributed by atoms with Crippen LogP contribution in [0, 0.1) is 5.82 Å². The summed E-state index contributed by atoms with van der Waals surface area (Å²) in [6.45, 7) is 2.06. The maximum atomic E-state index is 13.1. The minimum Gasteiger partial charge on any atom is -0.462 e. The van der Waals surface area contributed by atoms with Gasteiger partial charge in [0.05, 0.1) is 12.2 Å². The third-order valence-electron chi connectivity index (χ3n) is 4.48. The van der Waals surface area contributed by atoms with Gasteiger partial charge in [-0.15, -0.1) is 11.3 Å². The van der Waals surface area contributed by atoms with E-state index in [1.54, 1.807) is 6.92 Å². The molecule has 0 unspecified atom stereocenters. The maximum Gasteiger partial charge on any atom is 0.341 e. The molecule has 1 aliphatic rings. The molecule has 0 fully saturated rings. The zero-order valence-corrected chi connectivity index (χ0v) is 15.6. The van der Waals surface area contributed by atoms with Gasteiger partial charge in [0.15, 0.2) is 0 Å². The van der Waals surface area contributed by atoms with Gasteiger partial charge in [0.2, 0.25) is 0 Å². The number of thiophene rings is 1. The van der Waals surface area contributed by atoms with E-state index in [1.807, 2.05) is 0 Å². The molecular formula is C20H22FNO3S. The maximum absolute atomic E-state index is 13.1. The van der Waals surface area contributed by atoms with Gasteiger partial charge in [0.1, 0.15) is 10.8 Å². The molecule has 0 bridgehead atoms. The number of halogens is 1. The van der Waals surface area contributed by atoms with E-state index in [2.05, 4.69) is 5.32 Å². The summed E-state index contributed by atoms with van der Waals surface area (Å²) in [7, 11) is 0. The highest BCUT2D eigenvalue weighted by Crippen LogP contribution is 2.37. The molecule has 0 spiro atoms. The van der Waals surface area contributed by atoms with Crippen LogP contribution in [0.5, 0.6) is 0 Å². The van der Waals surface area contributed by atoms with E-state index < -0.39 is 5.82 Å². The molecule has 6 heteroatoms. The van der Waals surface area contributed by atoms with Crippen LogP contribution in [-0.4, -0.2) is 18.5 Å². The lowest BCUT2D eigenvalue weighted by Crippen LogP contribution is -2.15. The van der Waals surface area contributed by atoms with Crippen molar-refractivity contribution in [3.63, 3.8) is 0 Å². The number of fused-ring (bicyclic) bond motifs is 1. The van der Waals surface area contributed by atoms with Gasteiger partial charge in [-0.25, -0.2) is 9.18 Å². The fourth-order valence-electron chi connectivity index (χ4n) is 3.20. The number of benzene rings is 1. The van der Waals surface area contributed by atoms with E-state index >= 15 is 0 Å². The van der Waals surface area contributed by atoms with E-state index in [1.165, 1.54) is 42.0 Å². The Bertz CT molecular complexity index is 798. The Balaban J connectivity index is 1.94. The molecule has 3 rings (SSSR count). The van der Waals surface area contributed by atoms with E-state index in [0.29, 0.717) is 16.1 Å². The van der Waals surface area contributed by atoms with E-state index in [-0.39, 0.29) is 18.5 Å². The van der Waals surface area contributed by atoms with Crippen LogP contribution in [0.3, 0.4) is 0 Å². The molecule has 0 atom stereocenters. The molecule has 4 nitrogen and oxygen atoms in total. The molecule has 26 heavy (non-hydrogen) atoms. The third kappa shape index (κ3) is 4.12. The van der Waals surface area contributed by atoms with Gasteiger partial charge in [-0.3, -0.25) is 4.79 Å². The van der Waals surface area contributed by atoms with Crippen LogP contribution in [0.25, 0.3) is 0 Å². The van der Waals surface area contributed by atoms with Crippen LogP contribution in [0.4, 0.5) is 9.39 Å². The molecule has 0 aliphatic heterocycles. The SMILES string of the molecule is CCOC(=O)c1c(NC(=O)c2ccc(F)cc2)sc2c1CCCCCC2. The van der Waals surface area contributed by atoms with Crippen molar-refractivity contribution < 1.29 is 18.7 Å². The zero-order valence-electron chi connectivity index (χ0n) is 14.8. The predicted molar refractivity (Wildman–Crippen MR) is 101 cm³/mol. The first-order valence-corrected chi connectivity index (χ1v) is 9.80. The molecule has 0 saturated heterocycles. The van der Waals surface area contributed by atoms with Crippen molar-refractivity contribution in [1.82, 2.24) is 0 Å². The summed E-state index contributed by atoms with van der Waals surface area (Å²) >= 11 is 1.46. The normalized spacial score (nSPS) is 14.1. The second-order valence-corrected chi connectivity index (χ2v) is 7.41. The zero-order chi connectivity index (χ0) is 18.5. The summed E-state index contributed by atoms with van der Waals surface area (Å²) in [5.74, 6) is -1.14. The number of esters is 1. The average molecular weight is 375 g/mol. The highest BCUT2D eigenvalue weighted by atomic mass is 32.1. The molecular weight excluding hydrogens is 353 g/mol. The summed E-state index contributed by atoms with van der Waals surface area (Å²) in [4.78, 5) is 26.2. The Kier molecular flexibility index (Phi) is 6.04. The fraction of sp³-hybridized carbons (Fsp3) is 0.400.